The largest absolute Gasteiger partial charge is 0.480 e. The molecule has 0 aromatic carbocycles. The number of carbonyl (C=O) groups is 2. The minimum absolute atomic E-state index is 0.0530. The van der Waals surface area contributed by atoms with Gasteiger partial charge in [0.2, 0.25) is 0 Å². The third-order valence-corrected chi connectivity index (χ3v) is 3.58. The van der Waals surface area contributed by atoms with Crippen LogP contribution in [0.1, 0.15) is 34.8 Å². The normalized spacial score (nSPS) is 12.5. The van der Waals surface area contributed by atoms with Gasteiger partial charge in [-0.2, -0.15) is 8.78 Å². The number of carbonyl (C=O) groups excluding carboxylic acids is 1. The van der Waals surface area contributed by atoms with E-state index in [0.29, 0.717) is 4.88 Å². The topological polar surface area (TPSA) is 75.6 Å². The van der Waals surface area contributed by atoms with Gasteiger partial charge in [-0.05, 0) is 25.3 Å². The molecule has 8 heteroatoms. The van der Waals surface area contributed by atoms with Crippen molar-refractivity contribution in [3.05, 3.63) is 15.8 Å². The molecule has 21 heavy (non-hydrogen) atoms. The number of amides is 1. The Balaban J connectivity index is 2.89. The highest BCUT2D eigenvalue weighted by atomic mass is 32.1. The summed E-state index contributed by atoms with van der Waals surface area (Å²) in [5.74, 6) is -2.06. The lowest BCUT2D eigenvalue weighted by Crippen LogP contribution is -2.41. The molecule has 0 aliphatic carbocycles. The molecule has 2 N–H and O–H groups in total. The predicted octanol–water partition coefficient (Wildman–Crippen LogP) is 2.89. The van der Waals surface area contributed by atoms with Crippen LogP contribution in [0.25, 0.3) is 0 Å². The lowest BCUT2D eigenvalue weighted by molar-refractivity contribution is -0.139. The van der Waals surface area contributed by atoms with Crippen molar-refractivity contribution >= 4 is 23.2 Å². The fraction of sp³-hybridized carbons (Fsp3) is 0.538. The van der Waals surface area contributed by atoms with Crippen molar-refractivity contribution in [1.82, 2.24) is 5.32 Å². The summed E-state index contributed by atoms with van der Waals surface area (Å²) in [4.78, 5) is 23.7. The lowest BCUT2D eigenvalue weighted by Gasteiger charge is -2.16. The molecule has 0 spiro atoms. The number of nitrogens with one attached hydrogen (secondary N) is 1. The van der Waals surface area contributed by atoms with Crippen molar-refractivity contribution in [3.8, 4) is 5.75 Å². The molecule has 1 aromatic rings. The van der Waals surface area contributed by atoms with E-state index in [1.54, 1.807) is 6.92 Å². The zero-order valence-corrected chi connectivity index (χ0v) is 12.7. The standard InChI is InChI=1S/C13H17F2NO4S/c1-6(2)4-8(12(18)19)16-11(17)10-9(20-13(14)15)5-7(3)21-10/h5-6,8,13H,4H2,1-3H3,(H,16,17)(H,18,19)/t8-/m1/s1. The van der Waals surface area contributed by atoms with Gasteiger partial charge in [0.15, 0.2) is 0 Å². The Hall–Kier alpha value is -1.70. The molecule has 1 rings (SSSR count). The predicted molar refractivity (Wildman–Crippen MR) is 74.0 cm³/mol. The van der Waals surface area contributed by atoms with Crippen LogP contribution < -0.4 is 10.1 Å². The Kier molecular flexibility index (Phi) is 6.07. The molecule has 1 heterocycles. The maximum atomic E-state index is 12.3. The quantitative estimate of drug-likeness (QED) is 0.810. The number of carboxylic acid groups (broad SMARTS) is 1. The minimum atomic E-state index is -3.04. The van der Waals surface area contributed by atoms with Crippen LogP contribution in [0.2, 0.25) is 0 Å². The highest BCUT2D eigenvalue weighted by Gasteiger charge is 2.25. The fourth-order valence-corrected chi connectivity index (χ4v) is 2.60. The van der Waals surface area contributed by atoms with Crippen molar-refractivity contribution in [2.45, 2.75) is 39.8 Å². The van der Waals surface area contributed by atoms with Crippen molar-refractivity contribution in [2.24, 2.45) is 5.92 Å². The number of thiophene rings is 1. The number of rotatable bonds is 7. The Morgan fingerprint density at radius 2 is 2.05 bits per heavy atom. The average molecular weight is 321 g/mol. The van der Waals surface area contributed by atoms with Crippen molar-refractivity contribution in [1.29, 1.82) is 0 Å². The fourth-order valence-electron chi connectivity index (χ4n) is 1.75. The molecule has 0 saturated heterocycles. The summed E-state index contributed by atoms with van der Waals surface area (Å²) in [5.41, 5.74) is 0. The molecule has 118 valence electrons. The summed E-state index contributed by atoms with van der Waals surface area (Å²) in [6.45, 7) is 2.24. The van der Waals surface area contributed by atoms with Gasteiger partial charge in [0.1, 0.15) is 16.7 Å². The van der Waals surface area contributed by atoms with Gasteiger partial charge in [-0.1, -0.05) is 13.8 Å². The maximum Gasteiger partial charge on any atom is 0.387 e. The van der Waals surface area contributed by atoms with Gasteiger partial charge in [0, 0.05) is 4.88 Å². The van der Waals surface area contributed by atoms with Crippen LogP contribution in [0.15, 0.2) is 6.07 Å². The van der Waals surface area contributed by atoms with Crippen LogP contribution in [0.3, 0.4) is 0 Å². The third kappa shape index (κ3) is 5.30. The first-order valence-corrected chi connectivity index (χ1v) is 7.11. The van der Waals surface area contributed by atoms with Crippen LogP contribution in [-0.2, 0) is 4.79 Å². The number of halogens is 2. The highest BCUT2D eigenvalue weighted by molar-refractivity contribution is 7.14. The molecule has 1 atom stereocenters. The zero-order chi connectivity index (χ0) is 16.2. The minimum Gasteiger partial charge on any atom is -0.480 e. The summed E-state index contributed by atoms with van der Waals surface area (Å²) < 4.78 is 28.9. The molecule has 0 bridgehead atoms. The van der Waals surface area contributed by atoms with Crippen LogP contribution in [-0.4, -0.2) is 29.6 Å². The van der Waals surface area contributed by atoms with Crippen LogP contribution in [0, 0.1) is 12.8 Å². The first-order chi connectivity index (χ1) is 9.70. The number of hydrogen-bond donors (Lipinski definition) is 2. The summed E-state index contributed by atoms with van der Waals surface area (Å²) >= 11 is 0.974. The Labute approximate surface area is 124 Å². The van der Waals surface area contributed by atoms with Gasteiger partial charge in [0.25, 0.3) is 5.91 Å². The van der Waals surface area contributed by atoms with E-state index in [-0.39, 0.29) is 23.0 Å². The second kappa shape index (κ2) is 7.35. The molecule has 5 nitrogen and oxygen atoms in total. The molecule has 0 fully saturated rings. The van der Waals surface area contributed by atoms with Crippen molar-refractivity contribution in [3.63, 3.8) is 0 Å². The summed E-state index contributed by atoms with van der Waals surface area (Å²) in [6, 6.07) is 0.253. The van der Waals surface area contributed by atoms with Gasteiger partial charge < -0.3 is 15.2 Å². The van der Waals surface area contributed by atoms with Gasteiger partial charge in [0.05, 0.1) is 0 Å². The zero-order valence-electron chi connectivity index (χ0n) is 11.9. The molecule has 1 aromatic heterocycles. The number of hydrogen-bond acceptors (Lipinski definition) is 4. The van der Waals surface area contributed by atoms with Gasteiger partial charge in [-0.15, -0.1) is 11.3 Å². The number of alkyl halides is 2. The van der Waals surface area contributed by atoms with E-state index in [9.17, 15) is 18.4 Å². The smallest absolute Gasteiger partial charge is 0.387 e. The van der Waals surface area contributed by atoms with E-state index in [1.807, 2.05) is 13.8 Å². The lowest BCUT2D eigenvalue weighted by atomic mass is 10.0. The highest BCUT2D eigenvalue weighted by Crippen LogP contribution is 2.30. The summed E-state index contributed by atoms with van der Waals surface area (Å²) in [7, 11) is 0. The first-order valence-electron chi connectivity index (χ1n) is 6.29. The SMILES string of the molecule is Cc1cc(OC(F)F)c(C(=O)N[C@H](CC(C)C)C(=O)O)s1. The molecular weight excluding hydrogens is 304 g/mol. The van der Waals surface area contributed by atoms with E-state index in [1.165, 1.54) is 6.07 Å². The summed E-state index contributed by atoms with van der Waals surface area (Å²) in [5, 5.41) is 11.4. The second-order valence-electron chi connectivity index (χ2n) is 4.92. The molecule has 0 aliphatic heterocycles. The number of aliphatic carboxylic acids is 1. The molecule has 0 saturated carbocycles. The van der Waals surface area contributed by atoms with Crippen LogP contribution in [0.4, 0.5) is 8.78 Å². The van der Waals surface area contributed by atoms with Crippen LogP contribution in [0.5, 0.6) is 5.75 Å². The maximum absolute atomic E-state index is 12.3. The van der Waals surface area contributed by atoms with E-state index in [2.05, 4.69) is 10.1 Å². The Morgan fingerprint density at radius 3 is 2.52 bits per heavy atom. The third-order valence-electron chi connectivity index (χ3n) is 2.55. The van der Waals surface area contributed by atoms with Gasteiger partial charge >= 0.3 is 12.6 Å². The molecule has 1 amide bonds. The van der Waals surface area contributed by atoms with E-state index in [4.69, 9.17) is 5.11 Å². The van der Waals surface area contributed by atoms with E-state index < -0.39 is 24.5 Å². The Bertz CT molecular complexity index is 516. The van der Waals surface area contributed by atoms with E-state index in [0.717, 1.165) is 11.3 Å². The van der Waals surface area contributed by atoms with Gasteiger partial charge in [-0.25, -0.2) is 4.79 Å². The van der Waals surface area contributed by atoms with E-state index >= 15 is 0 Å². The molecule has 0 unspecified atom stereocenters. The monoisotopic (exact) mass is 321 g/mol. The number of ether oxygens (including phenoxy) is 1. The first kappa shape index (κ1) is 17.4. The molecule has 0 aliphatic rings. The van der Waals surface area contributed by atoms with Crippen LogP contribution >= 0.6 is 11.3 Å². The number of aryl methyl sites for hydroxylation is 1. The average Bonchev–Trinajstić information content (AvgIpc) is 2.67. The second-order valence-corrected chi connectivity index (χ2v) is 6.18. The van der Waals surface area contributed by atoms with Crippen molar-refractivity contribution in [2.75, 3.05) is 0 Å². The van der Waals surface area contributed by atoms with Gasteiger partial charge in [-0.3, -0.25) is 4.79 Å². The number of carboxylic acids is 1. The molecule has 0 radical (unpaired) electrons. The molecular formula is C13H17F2NO4S. The Morgan fingerprint density at radius 1 is 1.43 bits per heavy atom. The summed E-state index contributed by atoms with van der Waals surface area (Å²) in [6.07, 6.45) is 0.246. The van der Waals surface area contributed by atoms with Crippen molar-refractivity contribution < 1.29 is 28.2 Å².